The quantitative estimate of drug-likeness (QED) is 0.302. The summed E-state index contributed by atoms with van der Waals surface area (Å²) in [5, 5.41) is 21.5. The standard InChI is InChI=1S/C22H16FN5O4S/c23-19-12-16(28(30)31)3-6-18(19)21-26-27-22(33-21)25-20(29)11-14-1-4-17(5-2-14)32-13-15-7-9-24-10-8-15/h1-10,12H,11,13H2,(H,25,27,29). The van der Waals surface area contributed by atoms with E-state index in [0.29, 0.717) is 12.4 Å². The number of ether oxygens (including phenoxy) is 1. The second kappa shape index (κ2) is 9.92. The number of nitro groups is 1. The Morgan fingerprint density at radius 3 is 2.52 bits per heavy atom. The van der Waals surface area contributed by atoms with Crippen LogP contribution in [-0.2, 0) is 17.8 Å². The van der Waals surface area contributed by atoms with Gasteiger partial charge in [-0.05, 0) is 41.5 Å². The number of carbonyl (C=O) groups excluding carboxylic acids is 1. The zero-order chi connectivity index (χ0) is 23.2. The molecule has 0 spiro atoms. The van der Waals surface area contributed by atoms with Crippen LogP contribution in [-0.4, -0.2) is 26.0 Å². The van der Waals surface area contributed by atoms with E-state index in [4.69, 9.17) is 4.74 Å². The van der Waals surface area contributed by atoms with Crippen molar-refractivity contribution in [1.82, 2.24) is 15.2 Å². The molecule has 2 aromatic carbocycles. The van der Waals surface area contributed by atoms with E-state index in [1.54, 1.807) is 36.7 Å². The van der Waals surface area contributed by atoms with Crippen LogP contribution in [0.25, 0.3) is 10.6 Å². The average molecular weight is 465 g/mol. The molecule has 0 fully saturated rings. The average Bonchev–Trinajstić information content (AvgIpc) is 3.27. The van der Waals surface area contributed by atoms with Gasteiger partial charge in [-0.1, -0.05) is 23.5 Å². The van der Waals surface area contributed by atoms with Gasteiger partial charge >= 0.3 is 0 Å². The molecule has 166 valence electrons. The molecule has 11 heteroatoms. The molecule has 2 heterocycles. The minimum atomic E-state index is -0.788. The molecule has 4 aromatic rings. The normalized spacial score (nSPS) is 10.6. The Hall–Kier alpha value is -4.25. The van der Waals surface area contributed by atoms with Crippen molar-refractivity contribution in [3.63, 3.8) is 0 Å². The van der Waals surface area contributed by atoms with Gasteiger partial charge in [-0.15, -0.1) is 10.2 Å². The Morgan fingerprint density at radius 2 is 1.82 bits per heavy atom. The molecule has 0 saturated carbocycles. The number of rotatable bonds is 8. The topological polar surface area (TPSA) is 120 Å². The molecule has 0 aliphatic carbocycles. The molecule has 0 saturated heterocycles. The second-order valence-electron chi connectivity index (χ2n) is 6.85. The maximum atomic E-state index is 14.2. The van der Waals surface area contributed by atoms with Crippen LogP contribution in [0, 0.1) is 15.9 Å². The van der Waals surface area contributed by atoms with Gasteiger partial charge in [0.1, 0.15) is 18.2 Å². The van der Waals surface area contributed by atoms with Crippen LogP contribution in [0.4, 0.5) is 15.2 Å². The highest BCUT2D eigenvalue weighted by Crippen LogP contribution is 2.30. The van der Waals surface area contributed by atoms with Crippen LogP contribution in [0.1, 0.15) is 11.1 Å². The van der Waals surface area contributed by atoms with Gasteiger partial charge in [-0.3, -0.25) is 19.9 Å². The van der Waals surface area contributed by atoms with Crippen molar-refractivity contribution in [2.24, 2.45) is 0 Å². The second-order valence-corrected chi connectivity index (χ2v) is 7.82. The first-order valence-corrected chi connectivity index (χ1v) is 10.5. The van der Waals surface area contributed by atoms with Crippen molar-refractivity contribution in [2.75, 3.05) is 5.32 Å². The molecule has 4 rings (SSSR count). The molecular formula is C22H16FN5O4S. The van der Waals surface area contributed by atoms with Crippen LogP contribution >= 0.6 is 11.3 Å². The van der Waals surface area contributed by atoms with E-state index in [2.05, 4.69) is 20.5 Å². The SMILES string of the molecule is O=C(Cc1ccc(OCc2ccncc2)cc1)Nc1nnc(-c2ccc([N+](=O)[O-])cc2F)s1. The first-order chi connectivity index (χ1) is 16.0. The Kier molecular flexibility index (Phi) is 6.60. The van der Waals surface area contributed by atoms with Gasteiger partial charge in [0.25, 0.3) is 5.69 Å². The molecule has 0 aliphatic rings. The van der Waals surface area contributed by atoms with Crippen LogP contribution in [0.5, 0.6) is 5.75 Å². The van der Waals surface area contributed by atoms with E-state index in [1.165, 1.54) is 12.1 Å². The summed E-state index contributed by atoms with van der Waals surface area (Å²) in [4.78, 5) is 26.4. The summed E-state index contributed by atoms with van der Waals surface area (Å²) in [6, 6.07) is 14.1. The van der Waals surface area contributed by atoms with Gasteiger partial charge in [0, 0.05) is 24.0 Å². The number of amides is 1. The smallest absolute Gasteiger partial charge is 0.272 e. The Morgan fingerprint density at radius 1 is 1.06 bits per heavy atom. The zero-order valence-corrected chi connectivity index (χ0v) is 17.8. The van der Waals surface area contributed by atoms with Gasteiger partial charge in [-0.25, -0.2) is 4.39 Å². The third kappa shape index (κ3) is 5.71. The fourth-order valence-electron chi connectivity index (χ4n) is 2.87. The number of pyridine rings is 1. The number of halogens is 1. The predicted molar refractivity (Wildman–Crippen MR) is 119 cm³/mol. The minimum absolute atomic E-state index is 0.0703. The first kappa shape index (κ1) is 22.0. The van der Waals surface area contributed by atoms with Gasteiger partial charge in [0.15, 0.2) is 5.01 Å². The summed E-state index contributed by atoms with van der Waals surface area (Å²) >= 11 is 0.972. The van der Waals surface area contributed by atoms with Crippen molar-refractivity contribution in [3.05, 3.63) is 94.0 Å². The Bertz CT molecular complexity index is 1280. The number of benzene rings is 2. The van der Waals surface area contributed by atoms with Gasteiger partial charge in [-0.2, -0.15) is 0 Å². The van der Waals surface area contributed by atoms with E-state index < -0.39 is 10.7 Å². The molecule has 0 unspecified atom stereocenters. The summed E-state index contributed by atoms with van der Waals surface area (Å²) in [6.45, 7) is 0.414. The Labute approximate surface area is 191 Å². The van der Waals surface area contributed by atoms with Crippen molar-refractivity contribution < 1.29 is 18.8 Å². The fourth-order valence-corrected chi connectivity index (χ4v) is 3.66. The molecule has 33 heavy (non-hydrogen) atoms. The lowest BCUT2D eigenvalue weighted by Crippen LogP contribution is -2.14. The third-order valence-electron chi connectivity index (χ3n) is 4.51. The minimum Gasteiger partial charge on any atom is -0.489 e. The number of aromatic nitrogens is 3. The third-order valence-corrected chi connectivity index (χ3v) is 5.38. The highest BCUT2D eigenvalue weighted by molar-refractivity contribution is 7.18. The number of hydrogen-bond acceptors (Lipinski definition) is 8. The number of hydrogen-bond donors (Lipinski definition) is 1. The summed E-state index contributed by atoms with van der Waals surface area (Å²) in [7, 11) is 0. The van der Waals surface area contributed by atoms with Crippen LogP contribution in [0.3, 0.4) is 0 Å². The lowest BCUT2D eigenvalue weighted by molar-refractivity contribution is -0.385. The molecule has 0 bridgehead atoms. The number of non-ortho nitro benzene ring substituents is 1. The van der Waals surface area contributed by atoms with E-state index in [0.717, 1.165) is 28.5 Å². The lowest BCUT2D eigenvalue weighted by Gasteiger charge is -2.07. The fraction of sp³-hybridized carbons (Fsp3) is 0.0909. The van der Waals surface area contributed by atoms with Crippen LogP contribution in [0.15, 0.2) is 67.0 Å². The molecular weight excluding hydrogens is 449 g/mol. The Balaban J connectivity index is 1.33. The maximum Gasteiger partial charge on any atom is 0.272 e. The van der Waals surface area contributed by atoms with E-state index in [1.807, 2.05) is 12.1 Å². The van der Waals surface area contributed by atoms with E-state index >= 15 is 0 Å². The van der Waals surface area contributed by atoms with Crippen molar-refractivity contribution in [2.45, 2.75) is 13.0 Å². The molecule has 1 N–H and O–H groups in total. The summed E-state index contributed by atoms with van der Waals surface area (Å²) < 4.78 is 19.9. The lowest BCUT2D eigenvalue weighted by atomic mass is 10.1. The van der Waals surface area contributed by atoms with Gasteiger partial charge in [0.2, 0.25) is 11.0 Å². The van der Waals surface area contributed by atoms with Crippen molar-refractivity contribution >= 4 is 28.1 Å². The molecule has 0 radical (unpaired) electrons. The zero-order valence-electron chi connectivity index (χ0n) is 17.0. The highest BCUT2D eigenvalue weighted by Gasteiger charge is 2.16. The van der Waals surface area contributed by atoms with Crippen LogP contribution in [0.2, 0.25) is 0 Å². The van der Waals surface area contributed by atoms with Crippen molar-refractivity contribution in [1.29, 1.82) is 0 Å². The summed E-state index contributed by atoms with van der Waals surface area (Å²) in [5.41, 5.74) is 1.48. The number of anilines is 1. The summed E-state index contributed by atoms with van der Waals surface area (Å²) in [5.74, 6) is -0.424. The molecule has 0 aliphatic heterocycles. The maximum absolute atomic E-state index is 14.2. The van der Waals surface area contributed by atoms with Gasteiger partial charge in [0.05, 0.1) is 17.4 Å². The first-order valence-electron chi connectivity index (χ1n) is 9.66. The molecule has 1 amide bonds. The molecule has 9 nitrogen and oxygen atoms in total. The number of nitrogens with zero attached hydrogens (tertiary/aromatic N) is 4. The number of nitro benzene ring substituents is 1. The number of nitrogens with one attached hydrogen (secondary N) is 1. The monoisotopic (exact) mass is 465 g/mol. The van der Waals surface area contributed by atoms with Gasteiger partial charge < -0.3 is 10.1 Å². The largest absolute Gasteiger partial charge is 0.489 e. The number of carbonyl (C=O) groups is 1. The van der Waals surface area contributed by atoms with Crippen molar-refractivity contribution in [3.8, 4) is 16.3 Å². The highest BCUT2D eigenvalue weighted by atomic mass is 32.1. The molecule has 0 atom stereocenters. The summed E-state index contributed by atoms with van der Waals surface area (Å²) in [6.07, 6.45) is 3.50. The van der Waals surface area contributed by atoms with E-state index in [9.17, 15) is 19.3 Å². The van der Waals surface area contributed by atoms with E-state index in [-0.39, 0.29) is 33.7 Å². The predicted octanol–water partition coefficient (Wildman–Crippen LogP) is 4.41. The molecule has 2 aromatic heterocycles. The van der Waals surface area contributed by atoms with Crippen LogP contribution < -0.4 is 10.1 Å².